The van der Waals surface area contributed by atoms with E-state index in [0.717, 1.165) is 0 Å². The van der Waals surface area contributed by atoms with E-state index in [9.17, 15) is 0 Å². The van der Waals surface area contributed by atoms with Gasteiger partial charge < -0.3 is 9.80 Å². The lowest BCUT2D eigenvalue weighted by atomic mass is 9.88. The van der Waals surface area contributed by atoms with Crippen molar-refractivity contribution in [3.8, 4) is 0 Å². The van der Waals surface area contributed by atoms with Crippen molar-refractivity contribution in [2.24, 2.45) is 0 Å². The first-order valence-electron chi connectivity index (χ1n) is 13.1. The molecule has 5 aromatic rings. The van der Waals surface area contributed by atoms with Crippen molar-refractivity contribution < 1.29 is 0 Å². The number of hydrogen-bond donors (Lipinski definition) is 0. The Morgan fingerprint density at radius 2 is 0.632 bits per heavy atom. The number of hydrogen-bond acceptors (Lipinski definition) is 2. The maximum atomic E-state index is 2.32. The smallest absolute Gasteiger partial charge is 0.0488 e. The molecule has 0 saturated carbocycles. The Morgan fingerprint density at radius 1 is 0.368 bits per heavy atom. The number of para-hydroxylation sites is 4. The summed E-state index contributed by atoms with van der Waals surface area (Å²) >= 11 is 0. The van der Waals surface area contributed by atoms with E-state index in [1.807, 2.05) is 0 Å². The summed E-state index contributed by atoms with van der Waals surface area (Å²) in [7, 11) is 4.30. The summed E-state index contributed by atoms with van der Waals surface area (Å²) in [5, 5.41) is 0. The summed E-state index contributed by atoms with van der Waals surface area (Å²) in [4.78, 5) is 4.57. The molecule has 2 aliphatic heterocycles. The fourth-order valence-corrected chi connectivity index (χ4v) is 5.86. The van der Waals surface area contributed by atoms with Crippen LogP contribution in [0.25, 0.3) is 23.3 Å². The van der Waals surface area contributed by atoms with Crippen LogP contribution in [0.5, 0.6) is 0 Å². The monoisotopic (exact) mass is 488 g/mol. The molecule has 2 aliphatic rings. The summed E-state index contributed by atoms with van der Waals surface area (Å²) < 4.78 is 0. The molecule has 7 rings (SSSR count). The minimum atomic E-state index is 1.19. The Hall–Kier alpha value is -4.82. The molecule has 5 aromatic carbocycles. The summed E-state index contributed by atoms with van der Waals surface area (Å²) in [5.74, 6) is 0. The SMILES string of the molecule is CN1c2ccccc2C(=Cc2ccc(C=C3c4ccccc4N(C)c4ccccc43)cc2)c2ccccc21. The van der Waals surface area contributed by atoms with E-state index in [1.54, 1.807) is 0 Å². The minimum Gasteiger partial charge on any atom is -0.344 e. The van der Waals surface area contributed by atoms with Crippen molar-refractivity contribution in [2.75, 3.05) is 23.9 Å². The van der Waals surface area contributed by atoms with E-state index < -0.39 is 0 Å². The van der Waals surface area contributed by atoms with Crippen molar-refractivity contribution in [1.29, 1.82) is 0 Å². The van der Waals surface area contributed by atoms with E-state index in [1.165, 1.54) is 67.3 Å². The third-order valence-electron chi connectivity index (χ3n) is 7.78. The zero-order chi connectivity index (χ0) is 25.6. The first-order valence-corrected chi connectivity index (χ1v) is 13.1. The molecule has 2 heteroatoms. The predicted molar refractivity (Wildman–Crippen MR) is 162 cm³/mol. The van der Waals surface area contributed by atoms with Gasteiger partial charge in [0.1, 0.15) is 0 Å². The third-order valence-corrected chi connectivity index (χ3v) is 7.78. The van der Waals surface area contributed by atoms with Gasteiger partial charge in [-0.3, -0.25) is 0 Å². The van der Waals surface area contributed by atoms with Crippen molar-refractivity contribution in [3.63, 3.8) is 0 Å². The molecule has 182 valence electrons. The van der Waals surface area contributed by atoms with Gasteiger partial charge in [0.2, 0.25) is 0 Å². The van der Waals surface area contributed by atoms with Gasteiger partial charge in [0.05, 0.1) is 0 Å². The molecule has 0 amide bonds. The highest BCUT2D eigenvalue weighted by Crippen LogP contribution is 2.46. The summed E-state index contributed by atoms with van der Waals surface area (Å²) in [6.07, 6.45) is 4.64. The molecule has 0 spiro atoms. The largest absolute Gasteiger partial charge is 0.344 e. The fourth-order valence-electron chi connectivity index (χ4n) is 5.86. The lowest BCUT2D eigenvalue weighted by Gasteiger charge is -2.32. The molecule has 0 radical (unpaired) electrons. The molecule has 0 unspecified atom stereocenters. The van der Waals surface area contributed by atoms with Crippen LogP contribution in [0, 0.1) is 0 Å². The Labute approximate surface area is 224 Å². The van der Waals surface area contributed by atoms with Crippen LogP contribution in [0.3, 0.4) is 0 Å². The van der Waals surface area contributed by atoms with E-state index >= 15 is 0 Å². The Bertz CT molecular complexity index is 1510. The maximum absolute atomic E-state index is 2.32. The summed E-state index contributed by atoms with van der Waals surface area (Å²) in [5.41, 5.74) is 14.9. The molecule has 0 aromatic heterocycles. The highest BCUT2D eigenvalue weighted by molar-refractivity contribution is 6.05. The van der Waals surface area contributed by atoms with Crippen molar-refractivity contribution >= 4 is 46.0 Å². The fraction of sp³-hybridized carbons (Fsp3) is 0.0556. The molecule has 0 aliphatic carbocycles. The van der Waals surface area contributed by atoms with Crippen LogP contribution in [0.4, 0.5) is 22.7 Å². The molecule has 0 atom stereocenters. The minimum absolute atomic E-state index is 1.19. The van der Waals surface area contributed by atoms with Crippen molar-refractivity contribution in [1.82, 2.24) is 0 Å². The van der Waals surface area contributed by atoms with Gasteiger partial charge in [-0.25, -0.2) is 0 Å². The van der Waals surface area contributed by atoms with Crippen molar-refractivity contribution in [2.45, 2.75) is 0 Å². The van der Waals surface area contributed by atoms with Gasteiger partial charge in [-0.1, -0.05) is 97.1 Å². The second-order valence-electron chi connectivity index (χ2n) is 9.97. The van der Waals surface area contributed by atoms with Crippen molar-refractivity contribution in [3.05, 3.63) is 155 Å². The number of benzene rings is 5. The van der Waals surface area contributed by atoms with Gasteiger partial charge in [0, 0.05) is 59.1 Å². The van der Waals surface area contributed by atoms with Gasteiger partial charge in [0.15, 0.2) is 0 Å². The Kier molecular flexibility index (Phi) is 5.26. The zero-order valence-electron chi connectivity index (χ0n) is 21.6. The van der Waals surface area contributed by atoms with E-state index in [-0.39, 0.29) is 0 Å². The first kappa shape index (κ1) is 22.4. The molecule has 0 saturated heterocycles. The third kappa shape index (κ3) is 3.57. The van der Waals surface area contributed by atoms with E-state index in [2.05, 4.69) is 157 Å². The van der Waals surface area contributed by atoms with Gasteiger partial charge >= 0.3 is 0 Å². The van der Waals surface area contributed by atoms with E-state index in [4.69, 9.17) is 0 Å². The van der Waals surface area contributed by atoms with Gasteiger partial charge in [-0.15, -0.1) is 0 Å². The maximum Gasteiger partial charge on any atom is 0.0488 e. The first-order chi connectivity index (χ1) is 18.7. The summed E-state index contributed by atoms with van der Waals surface area (Å²) in [6.45, 7) is 0. The molecular formula is C36H28N2. The normalized spacial score (nSPS) is 13.3. The Balaban J connectivity index is 1.30. The number of fused-ring (bicyclic) bond motifs is 4. The molecule has 0 bridgehead atoms. The van der Waals surface area contributed by atoms with Crippen LogP contribution in [-0.2, 0) is 0 Å². The van der Waals surface area contributed by atoms with Crippen LogP contribution in [0.2, 0.25) is 0 Å². The highest BCUT2D eigenvalue weighted by atomic mass is 15.1. The average Bonchev–Trinajstić information content (AvgIpc) is 2.98. The lowest BCUT2D eigenvalue weighted by molar-refractivity contribution is 1.17. The lowest BCUT2D eigenvalue weighted by Crippen LogP contribution is -2.17. The average molecular weight is 489 g/mol. The molecule has 2 nitrogen and oxygen atoms in total. The molecular weight excluding hydrogens is 460 g/mol. The second kappa shape index (κ2) is 8.93. The second-order valence-corrected chi connectivity index (χ2v) is 9.97. The quantitative estimate of drug-likeness (QED) is 0.245. The van der Waals surface area contributed by atoms with Gasteiger partial charge in [-0.2, -0.15) is 0 Å². The number of rotatable bonds is 2. The topological polar surface area (TPSA) is 6.48 Å². The Morgan fingerprint density at radius 3 is 0.921 bits per heavy atom. The van der Waals surface area contributed by atoms with E-state index in [0.29, 0.717) is 0 Å². The van der Waals surface area contributed by atoms with Gasteiger partial charge in [0.25, 0.3) is 0 Å². The van der Waals surface area contributed by atoms with Crippen LogP contribution < -0.4 is 9.80 Å². The molecule has 0 N–H and O–H groups in total. The molecule has 2 heterocycles. The predicted octanol–water partition coefficient (Wildman–Crippen LogP) is 9.03. The zero-order valence-corrected chi connectivity index (χ0v) is 21.6. The molecule has 38 heavy (non-hydrogen) atoms. The summed E-state index contributed by atoms with van der Waals surface area (Å²) in [6, 6.07) is 43.6. The van der Waals surface area contributed by atoms with Crippen LogP contribution in [0.1, 0.15) is 33.4 Å². The number of anilines is 4. The van der Waals surface area contributed by atoms with Crippen LogP contribution in [0.15, 0.2) is 121 Å². The molecule has 0 fully saturated rings. The van der Waals surface area contributed by atoms with Gasteiger partial charge in [-0.05, 0) is 58.7 Å². The number of nitrogens with zero attached hydrogens (tertiary/aromatic N) is 2. The van der Waals surface area contributed by atoms with Crippen LogP contribution >= 0.6 is 0 Å². The highest BCUT2D eigenvalue weighted by Gasteiger charge is 2.24. The van der Waals surface area contributed by atoms with Crippen LogP contribution in [-0.4, -0.2) is 14.1 Å². The standard InChI is InChI=1S/C36H28N2/c1-37-33-15-7-3-11-27(33)31(28-12-4-8-16-34(28)37)23-25-19-21-26(22-20-25)24-32-29-13-5-9-17-35(29)38(2)36-18-10-6-14-30(32)36/h3-24H,1-2H3.